The van der Waals surface area contributed by atoms with Crippen LogP contribution in [0, 0.1) is 13.8 Å². The molecule has 0 aliphatic heterocycles. The van der Waals surface area contributed by atoms with Crippen molar-refractivity contribution in [2.24, 2.45) is 0 Å². The second kappa shape index (κ2) is 17.9. The van der Waals surface area contributed by atoms with Crippen LogP contribution >= 0.6 is 0 Å². The van der Waals surface area contributed by atoms with E-state index in [1.165, 1.54) is 0 Å². The summed E-state index contributed by atoms with van der Waals surface area (Å²) >= 11 is 0. The van der Waals surface area contributed by atoms with E-state index >= 15 is 0 Å². The minimum absolute atomic E-state index is 0.208. The Morgan fingerprint density at radius 2 is 1.38 bits per heavy atom. The second-order valence-electron chi connectivity index (χ2n) is 12.9. The van der Waals surface area contributed by atoms with E-state index in [0.29, 0.717) is 24.5 Å². The van der Waals surface area contributed by atoms with Crippen LogP contribution < -0.4 is 19.5 Å². The summed E-state index contributed by atoms with van der Waals surface area (Å²) in [4.78, 5) is 12.4. The first kappa shape index (κ1) is 38.1. The Morgan fingerprint density at radius 3 is 2.00 bits per heavy atom. The monoisotopic (exact) mass is 722 g/mol. The summed E-state index contributed by atoms with van der Waals surface area (Å²) in [5.74, 6) is 0.845. The van der Waals surface area contributed by atoms with Crippen LogP contribution in [0.5, 0.6) is 11.5 Å². The number of carbonyl (C=O) groups is 1. The maximum atomic E-state index is 12.4. The smallest absolute Gasteiger partial charge is 0.310 e. The zero-order chi connectivity index (χ0) is 37.1. The van der Waals surface area contributed by atoms with Crippen molar-refractivity contribution in [3.8, 4) is 22.6 Å². The Labute approximate surface area is 306 Å². The van der Waals surface area contributed by atoms with E-state index in [0.717, 1.165) is 50.9 Å². The number of aliphatic hydroxyl groups is 1. The maximum absolute atomic E-state index is 12.4. The van der Waals surface area contributed by atoms with E-state index in [1.54, 1.807) is 18.2 Å². The lowest BCUT2D eigenvalue weighted by Crippen LogP contribution is -2.35. The number of rotatable bonds is 17. The minimum atomic E-state index is -3.59. The predicted octanol–water partition coefficient (Wildman–Crippen LogP) is 7.30. The molecule has 0 amide bonds. The zero-order valence-electron chi connectivity index (χ0n) is 30.0. The van der Waals surface area contributed by atoms with Crippen molar-refractivity contribution >= 4 is 21.7 Å². The molecule has 272 valence electrons. The van der Waals surface area contributed by atoms with Gasteiger partial charge in [-0.1, -0.05) is 91.0 Å². The van der Waals surface area contributed by atoms with Crippen LogP contribution in [-0.2, 0) is 39.2 Å². The third-order valence-corrected chi connectivity index (χ3v) is 9.12. The van der Waals surface area contributed by atoms with Gasteiger partial charge in [0.2, 0.25) is 10.0 Å². The fourth-order valence-electron chi connectivity index (χ4n) is 5.94. The molecule has 10 heteroatoms. The predicted molar refractivity (Wildman–Crippen MR) is 205 cm³/mol. The van der Waals surface area contributed by atoms with Crippen LogP contribution in [0.25, 0.3) is 11.1 Å². The molecule has 0 saturated carbocycles. The highest BCUT2D eigenvalue weighted by Crippen LogP contribution is 2.32. The van der Waals surface area contributed by atoms with Crippen molar-refractivity contribution in [1.29, 1.82) is 0 Å². The third kappa shape index (κ3) is 11.2. The zero-order valence-corrected chi connectivity index (χ0v) is 30.8. The molecular formula is C42H46N2O7S. The molecule has 0 aromatic heterocycles. The highest BCUT2D eigenvalue weighted by atomic mass is 32.2. The number of ether oxygens (including phenoxy) is 3. The van der Waals surface area contributed by atoms with Gasteiger partial charge in [0.1, 0.15) is 31.3 Å². The molecule has 0 unspecified atom stereocenters. The highest BCUT2D eigenvalue weighted by Gasteiger charge is 2.19. The van der Waals surface area contributed by atoms with Gasteiger partial charge in [-0.25, -0.2) is 8.42 Å². The number of carbonyl (C=O) groups excluding carboxylic acids is 1. The largest absolute Gasteiger partial charge is 0.492 e. The first-order valence-electron chi connectivity index (χ1n) is 17.2. The van der Waals surface area contributed by atoms with E-state index in [4.69, 9.17) is 14.2 Å². The summed E-state index contributed by atoms with van der Waals surface area (Å²) in [5.41, 5.74) is 7.89. The summed E-state index contributed by atoms with van der Waals surface area (Å²) in [6.45, 7) is 7.32. The molecule has 2 atom stereocenters. The fraction of sp³-hybridized carbons (Fsp3) is 0.262. The van der Waals surface area contributed by atoms with Crippen molar-refractivity contribution in [3.63, 3.8) is 0 Å². The Bertz CT molecular complexity index is 2010. The summed E-state index contributed by atoms with van der Waals surface area (Å²) in [6, 6.07) is 35.8. The van der Waals surface area contributed by atoms with Gasteiger partial charge in [0.05, 0.1) is 24.5 Å². The van der Waals surface area contributed by atoms with E-state index in [-0.39, 0.29) is 37.3 Å². The SMILES string of the molecule is Cc1cc(OCCN[C@@H](C)[C@H](O)c2ccc(OCc3ccccc3)c(NS(C)(=O)=O)c2)cc(C)c1-c1ccc(CC(=O)OCc2ccccc2)cc1. The fourth-order valence-corrected chi connectivity index (χ4v) is 6.49. The van der Waals surface area contributed by atoms with Crippen molar-refractivity contribution in [3.05, 3.63) is 149 Å². The topological polar surface area (TPSA) is 123 Å². The average molecular weight is 723 g/mol. The van der Waals surface area contributed by atoms with Crippen LogP contribution in [0.1, 0.15) is 46.4 Å². The molecule has 3 N–H and O–H groups in total. The van der Waals surface area contributed by atoms with Crippen molar-refractivity contribution in [2.45, 2.75) is 52.6 Å². The van der Waals surface area contributed by atoms with Crippen LogP contribution in [0.4, 0.5) is 5.69 Å². The normalized spacial score (nSPS) is 12.5. The number of esters is 1. The van der Waals surface area contributed by atoms with Crippen LogP contribution in [0.2, 0.25) is 0 Å². The van der Waals surface area contributed by atoms with Crippen LogP contribution in [0.3, 0.4) is 0 Å². The van der Waals surface area contributed by atoms with Crippen molar-refractivity contribution in [1.82, 2.24) is 5.32 Å². The molecule has 9 nitrogen and oxygen atoms in total. The van der Waals surface area contributed by atoms with Gasteiger partial charge < -0.3 is 24.6 Å². The van der Waals surface area contributed by atoms with Gasteiger partial charge in [-0.3, -0.25) is 9.52 Å². The Morgan fingerprint density at radius 1 is 0.769 bits per heavy atom. The molecule has 0 fully saturated rings. The van der Waals surface area contributed by atoms with E-state index in [2.05, 4.69) is 10.0 Å². The van der Waals surface area contributed by atoms with E-state index in [1.807, 2.05) is 118 Å². The van der Waals surface area contributed by atoms with Crippen LogP contribution in [0.15, 0.2) is 115 Å². The number of hydrogen-bond acceptors (Lipinski definition) is 8. The molecular weight excluding hydrogens is 677 g/mol. The number of hydrogen-bond donors (Lipinski definition) is 3. The summed E-state index contributed by atoms with van der Waals surface area (Å²) in [7, 11) is -3.59. The molecule has 0 aliphatic carbocycles. The maximum Gasteiger partial charge on any atom is 0.310 e. The van der Waals surface area contributed by atoms with Gasteiger partial charge in [0, 0.05) is 12.6 Å². The third-order valence-electron chi connectivity index (χ3n) is 8.53. The number of aliphatic hydroxyl groups excluding tert-OH is 1. The first-order chi connectivity index (χ1) is 24.9. The lowest BCUT2D eigenvalue weighted by atomic mass is 9.94. The summed E-state index contributed by atoms with van der Waals surface area (Å²) in [6.07, 6.45) is 0.364. The minimum Gasteiger partial charge on any atom is -0.492 e. The standard InChI is InChI=1S/C42H46N2O7S/c1-29-23-37(24-30(2)41(29)35-17-15-32(16-18-35)25-40(45)51-28-34-13-9-6-10-14-34)49-22-21-43-31(3)42(46)36-19-20-39(38(26-36)44-52(4,47)48)50-27-33-11-7-5-8-12-33/h5-20,23-24,26,31,42-44,46H,21-22,25,27-28H2,1-4H3/t31-,42-/m0/s1. The highest BCUT2D eigenvalue weighted by molar-refractivity contribution is 7.92. The van der Waals surface area contributed by atoms with E-state index < -0.39 is 16.1 Å². The van der Waals surface area contributed by atoms with Crippen molar-refractivity contribution in [2.75, 3.05) is 24.1 Å². The van der Waals surface area contributed by atoms with Gasteiger partial charge in [0.25, 0.3) is 0 Å². The number of benzene rings is 5. The van der Waals surface area contributed by atoms with Gasteiger partial charge in [-0.15, -0.1) is 0 Å². The Kier molecular flexibility index (Phi) is 13.1. The molecule has 0 spiro atoms. The number of sulfonamides is 1. The van der Waals surface area contributed by atoms with E-state index in [9.17, 15) is 18.3 Å². The number of nitrogens with one attached hydrogen (secondary N) is 2. The van der Waals surface area contributed by atoms with Gasteiger partial charge in [0.15, 0.2) is 0 Å². The molecule has 5 aromatic carbocycles. The van der Waals surface area contributed by atoms with Gasteiger partial charge in [-0.05, 0) is 89.5 Å². The average Bonchev–Trinajstić information content (AvgIpc) is 3.12. The molecule has 5 aromatic rings. The molecule has 5 rings (SSSR count). The Hall–Kier alpha value is -5.16. The van der Waals surface area contributed by atoms with Gasteiger partial charge in [-0.2, -0.15) is 0 Å². The molecule has 0 radical (unpaired) electrons. The Balaban J connectivity index is 1.12. The lowest BCUT2D eigenvalue weighted by Gasteiger charge is -2.22. The molecule has 0 bridgehead atoms. The molecule has 0 saturated heterocycles. The molecule has 52 heavy (non-hydrogen) atoms. The lowest BCUT2D eigenvalue weighted by molar-refractivity contribution is -0.144. The van der Waals surface area contributed by atoms with Crippen molar-refractivity contribution < 1.29 is 32.5 Å². The molecule has 0 aliphatic rings. The summed E-state index contributed by atoms with van der Waals surface area (Å²) < 4.78 is 44.1. The summed E-state index contributed by atoms with van der Waals surface area (Å²) in [5, 5.41) is 14.4. The first-order valence-corrected chi connectivity index (χ1v) is 19.1. The van der Waals surface area contributed by atoms with Crippen LogP contribution in [-0.4, -0.2) is 44.9 Å². The van der Waals surface area contributed by atoms with Gasteiger partial charge >= 0.3 is 5.97 Å². The second-order valence-corrected chi connectivity index (χ2v) is 14.6. The number of aryl methyl sites for hydroxylation is 2. The quantitative estimate of drug-likeness (QED) is 0.0676. The molecule has 0 heterocycles. The number of anilines is 1.